The lowest BCUT2D eigenvalue weighted by molar-refractivity contribution is -0.264. The van der Waals surface area contributed by atoms with Crippen LogP contribution in [0.25, 0.3) is 0 Å². The summed E-state index contributed by atoms with van der Waals surface area (Å²) in [5.74, 6) is -2.20. The second-order valence-electron chi connectivity index (χ2n) is 14.3. The average Bonchev–Trinajstić information content (AvgIpc) is 3.50. The van der Waals surface area contributed by atoms with E-state index in [1.807, 2.05) is 78.9 Å². The molecule has 0 bridgehead atoms. The van der Waals surface area contributed by atoms with Crippen LogP contribution >= 0.6 is 11.6 Å². The number of piperidine rings is 1. The van der Waals surface area contributed by atoms with Crippen LogP contribution in [0.15, 0.2) is 121 Å². The molecule has 8 rings (SSSR count). The number of nitrogens with zero attached hydrogens (tertiary/aromatic N) is 1. The van der Waals surface area contributed by atoms with Gasteiger partial charge in [0.2, 0.25) is 0 Å². The Balaban J connectivity index is 1.08. The molecular formula is C44H39ClN2O8. The zero-order chi connectivity index (χ0) is 38.1. The van der Waals surface area contributed by atoms with E-state index < -0.39 is 35.8 Å². The first-order valence-corrected chi connectivity index (χ1v) is 18.6. The highest BCUT2D eigenvalue weighted by atomic mass is 35.5. The van der Waals surface area contributed by atoms with Gasteiger partial charge in [0.25, 0.3) is 5.91 Å². The largest absolute Gasteiger partial charge is 0.392 e. The molecule has 3 aliphatic rings. The third kappa shape index (κ3) is 7.70. The van der Waals surface area contributed by atoms with Crippen molar-refractivity contribution in [2.24, 2.45) is 0 Å². The van der Waals surface area contributed by atoms with E-state index >= 15 is 0 Å². The average molecular weight is 759 g/mol. The van der Waals surface area contributed by atoms with Gasteiger partial charge in [-0.3, -0.25) is 4.79 Å². The number of hydrogen-bond donors (Lipinski definition) is 3. The zero-order valence-corrected chi connectivity index (χ0v) is 30.5. The van der Waals surface area contributed by atoms with Crippen molar-refractivity contribution in [1.82, 2.24) is 4.90 Å². The number of esters is 2. The third-order valence-electron chi connectivity index (χ3n) is 10.8. The molecule has 3 aliphatic heterocycles. The molecular weight excluding hydrogens is 720 g/mol. The van der Waals surface area contributed by atoms with E-state index in [1.165, 1.54) is 18.2 Å². The molecule has 11 heteroatoms. The van der Waals surface area contributed by atoms with Gasteiger partial charge in [-0.2, -0.15) is 0 Å². The Labute approximate surface area is 323 Å². The number of hydrogen-bond acceptors (Lipinski definition) is 9. The van der Waals surface area contributed by atoms with Crippen molar-refractivity contribution in [3.8, 4) is 0 Å². The lowest BCUT2D eigenvalue weighted by Gasteiger charge is -2.46. The van der Waals surface area contributed by atoms with Crippen LogP contribution in [0.3, 0.4) is 0 Å². The zero-order valence-electron chi connectivity index (χ0n) is 29.8. The number of likely N-dealkylation sites (tertiary alicyclic amines) is 1. The highest BCUT2D eigenvalue weighted by Gasteiger charge is 2.44. The third-order valence-corrected chi connectivity index (χ3v) is 11.0. The number of halogens is 1. The first-order valence-electron chi connectivity index (χ1n) is 18.3. The molecule has 1 unspecified atom stereocenters. The van der Waals surface area contributed by atoms with Crippen LogP contribution in [0.5, 0.6) is 0 Å². The lowest BCUT2D eigenvalue weighted by Crippen LogP contribution is -2.49. The molecule has 5 aromatic rings. The molecule has 0 radical (unpaired) electrons. The van der Waals surface area contributed by atoms with Gasteiger partial charge in [-0.15, -0.1) is 0 Å². The summed E-state index contributed by atoms with van der Waals surface area (Å²) in [7, 11) is 0. The van der Waals surface area contributed by atoms with Crippen LogP contribution < -0.4 is 5.32 Å². The molecule has 5 aromatic carbocycles. The smallest absolute Gasteiger partial charge is 0.346 e. The van der Waals surface area contributed by atoms with Gasteiger partial charge in [-0.25, -0.2) is 9.59 Å². The fourth-order valence-corrected chi connectivity index (χ4v) is 7.89. The summed E-state index contributed by atoms with van der Waals surface area (Å²) in [5.41, 5.74) is 4.21. The van der Waals surface area contributed by atoms with E-state index in [-0.39, 0.29) is 35.3 Å². The molecule has 0 aliphatic carbocycles. The van der Waals surface area contributed by atoms with Gasteiger partial charge < -0.3 is 34.6 Å². The molecule has 2 saturated heterocycles. The van der Waals surface area contributed by atoms with Crippen molar-refractivity contribution in [3.63, 3.8) is 0 Å². The fraction of sp³-hybridized carbons (Fsp3) is 0.250. The van der Waals surface area contributed by atoms with E-state index in [9.17, 15) is 24.6 Å². The highest BCUT2D eigenvalue weighted by Crippen LogP contribution is 2.48. The van der Waals surface area contributed by atoms with Crippen LogP contribution in [0.4, 0.5) is 5.69 Å². The maximum Gasteiger partial charge on any atom is 0.346 e. The molecule has 2 fully saturated rings. The summed E-state index contributed by atoms with van der Waals surface area (Å²) < 4.78 is 18.5. The van der Waals surface area contributed by atoms with E-state index in [0.29, 0.717) is 48.7 Å². The SMILES string of the molecule is O=C(Nc1cccc(C2O[C@H](CN3CCC(O)(c4ccc(Cl)cc4)CC3)[C@@H](c3ccccc3)[C@H](c3ccc(CO)cc3)O2)c1)c1ccc2c(c1)C(=O)OC2=O. The number of carbonyl (C=O) groups excluding carboxylic acids is 3. The summed E-state index contributed by atoms with van der Waals surface area (Å²) in [6.07, 6.45) is -0.514. The number of nitrogens with one attached hydrogen (secondary N) is 1. The van der Waals surface area contributed by atoms with Crippen LogP contribution in [0.1, 0.15) is 90.0 Å². The van der Waals surface area contributed by atoms with E-state index in [1.54, 1.807) is 12.1 Å². The number of aliphatic hydroxyl groups excluding tert-OH is 1. The summed E-state index contributed by atoms with van der Waals surface area (Å²) in [6.45, 7) is 1.79. The Kier molecular flexibility index (Phi) is 10.4. The molecule has 10 nitrogen and oxygen atoms in total. The van der Waals surface area contributed by atoms with Gasteiger partial charge in [-0.1, -0.05) is 90.5 Å². The molecule has 280 valence electrons. The molecule has 3 N–H and O–H groups in total. The monoisotopic (exact) mass is 758 g/mol. The molecule has 1 amide bonds. The van der Waals surface area contributed by atoms with Crippen molar-refractivity contribution in [3.05, 3.63) is 171 Å². The molecule has 0 saturated carbocycles. The lowest BCUT2D eigenvalue weighted by atomic mass is 9.81. The Morgan fingerprint density at radius 1 is 0.782 bits per heavy atom. The standard InChI is InChI=1S/C44H39ClN2O8/c45-33-16-14-32(15-17-33)44(52)19-21-47(22-20-44)25-37-38(28-5-2-1-3-6-28)39(29-11-9-27(26-48)10-12-29)54-43(53-37)31-7-4-8-34(23-31)46-40(49)30-13-18-35-36(24-30)42(51)55-41(35)50/h1-18,23-24,37-39,43,48,52H,19-22,25-26H2,(H,46,49)/t37-,38-,39+,43?/m1/s1. The molecule has 55 heavy (non-hydrogen) atoms. The Morgan fingerprint density at radius 3 is 2.22 bits per heavy atom. The Bertz CT molecular complexity index is 2200. The van der Waals surface area contributed by atoms with Crippen molar-refractivity contribution in [1.29, 1.82) is 0 Å². The quantitative estimate of drug-likeness (QED) is 0.104. The molecule has 0 spiro atoms. The number of carbonyl (C=O) groups is 3. The minimum Gasteiger partial charge on any atom is -0.392 e. The maximum atomic E-state index is 13.3. The predicted octanol–water partition coefficient (Wildman–Crippen LogP) is 7.32. The minimum atomic E-state index is -0.957. The molecule has 0 aromatic heterocycles. The van der Waals surface area contributed by atoms with Gasteiger partial charge in [0.1, 0.15) is 0 Å². The number of aliphatic hydroxyl groups is 2. The van der Waals surface area contributed by atoms with Crippen molar-refractivity contribution in [2.75, 3.05) is 25.0 Å². The number of cyclic esters (lactones) is 2. The number of amides is 1. The summed E-state index contributed by atoms with van der Waals surface area (Å²) >= 11 is 6.13. The van der Waals surface area contributed by atoms with Gasteiger partial charge in [0.05, 0.1) is 35.5 Å². The predicted molar refractivity (Wildman–Crippen MR) is 205 cm³/mol. The number of benzene rings is 5. The van der Waals surface area contributed by atoms with Crippen molar-refractivity contribution < 1.29 is 38.8 Å². The summed E-state index contributed by atoms with van der Waals surface area (Å²) in [5, 5.41) is 24.9. The second-order valence-corrected chi connectivity index (χ2v) is 14.7. The molecule has 4 atom stereocenters. The Hall–Kier alpha value is -5.20. The van der Waals surface area contributed by atoms with Crippen molar-refractivity contribution in [2.45, 2.75) is 49.5 Å². The summed E-state index contributed by atoms with van der Waals surface area (Å²) in [4.78, 5) is 39.7. The van der Waals surface area contributed by atoms with Gasteiger partial charge in [0.15, 0.2) is 6.29 Å². The number of anilines is 1. The fourth-order valence-electron chi connectivity index (χ4n) is 7.77. The maximum absolute atomic E-state index is 13.3. The summed E-state index contributed by atoms with van der Waals surface area (Å²) in [6, 6.07) is 36.8. The van der Waals surface area contributed by atoms with Crippen molar-refractivity contribution >= 4 is 35.1 Å². The van der Waals surface area contributed by atoms with Crippen LogP contribution in [0.2, 0.25) is 5.02 Å². The highest BCUT2D eigenvalue weighted by molar-refractivity contribution is 6.30. The first kappa shape index (κ1) is 36.8. The normalized spacial score (nSPS) is 22.2. The van der Waals surface area contributed by atoms with Crippen LogP contribution in [0, 0.1) is 0 Å². The number of rotatable bonds is 9. The van der Waals surface area contributed by atoms with Gasteiger partial charge >= 0.3 is 11.9 Å². The minimum absolute atomic E-state index is 0.0517. The second kappa shape index (κ2) is 15.5. The van der Waals surface area contributed by atoms with E-state index in [0.717, 1.165) is 22.3 Å². The Morgan fingerprint density at radius 2 is 1.49 bits per heavy atom. The van der Waals surface area contributed by atoms with E-state index in [2.05, 4.69) is 27.1 Å². The van der Waals surface area contributed by atoms with Crippen LogP contribution in [-0.4, -0.2) is 58.7 Å². The van der Waals surface area contributed by atoms with Gasteiger partial charge in [-0.05, 0) is 77.6 Å². The molecule has 3 heterocycles. The number of ether oxygens (including phenoxy) is 3. The first-order chi connectivity index (χ1) is 26.7. The van der Waals surface area contributed by atoms with E-state index in [4.69, 9.17) is 21.1 Å². The van der Waals surface area contributed by atoms with Crippen LogP contribution in [-0.2, 0) is 26.4 Å². The topological polar surface area (TPSA) is 135 Å². The number of fused-ring (bicyclic) bond motifs is 1. The van der Waals surface area contributed by atoms with Gasteiger partial charge in [0, 0.05) is 47.4 Å².